The summed E-state index contributed by atoms with van der Waals surface area (Å²) in [6.07, 6.45) is 8.88. The van der Waals surface area contributed by atoms with Crippen LogP contribution in [0.15, 0.2) is 0 Å². The normalized spacial score (nSPS) is 68.2. The second-order valence-corrected chi connectivity index (χ2v) is 12.1. The quantitative estimate of drug-likeness (QED) is 0.690. The Labute approximate surface area is 163 Å². The van der Waals surface area contributed by atoms with Crippen LogP contribution in [0.1, 0.15) is 78.6 Å². The number of rotatable bonds is 2. The Kier molecular flexibility index (Phi) is 3.25. The summed E-state index contributed by atoms with van der Waals surface area (Å²) < 4.78 is 0. The smallest absolute Gasteiger partial charge is 0.0759 e. The van der Waals surface area contributed by atoms with Crippen LogP contribution in [0.5, 0.6) is 0 Å². The molecule has 3 unspecified atom stereocenters. The minimum Gasteiger partial charge on any atom is -0.393 e. The van der Waals surface area contributed by atoms with Crippen LogP contribution in [-0.2, 0) is 0 Å². The minimum atomic E-state index is -0.647. The van der Waals surface area contributed by atoms with Gasteiger partial charge in [-0.15, -0.1) is 0 Å². The van der Waals surface area contributed by atoms with E-state index in [1.54, 1.807) is 0 Å². The molecule has 0 amide bonds. The van der Waals surface area contributed by atoms with Crippen molar-refractivity contribution in [1.29, 1.82) is 0 Å². The zero-order valence-corrected chi connectivity index (χ0v) is 17.3. The van der Waals surface area contributed by atoms with E-state index in [1.807, 2.05) is 0 Å². The van der Waals surface area contributed by atoms with Gasteiger partial charge in [0.2, 0.25) is 0 Å². The molecule has 6 saturated carbocycles. The second kappa shape index (κ2) is 4.95. The Bertz CT molecular complexity index is 679. The van der Waals surface area contributed by atoms with Crippen LogP contribution in [0, 0.1) is 52.3 Å². The standard InChI is InChI=1S/C24H38O3/c1-4-7-23(26)18-11-15(18)20-19-14-10-17(14)24(27)12-13(25)5-8-21(24,2)16(19)6-9-22(20,23)3/h13-20,25-27H,4-12H2,1-3H3/t13-,14-,15+,16?,17+,18-,19?,20?,21+,22-,23-,24+/m0/s1. The fraction of sp³-hybridized carbons (Fsp3) is 1.00. The lowest BCUT2D eigenvalue weighted by Crippen LogP contribution is -2.65. The Hall–Kier alpha value is -0.120. The van der Waals surface area contributed by atoms with Crippen LogP contribution >= 0.6 is 0 Å². The SMILES string of the molecule is CCC[C@]1(O)[C@H]2C[C@H]2C2C3C(CC[C@@]21C)[C@@]1(C)CC[C@H](O)C[C@@]1(O)[C@@H]1C[C@H]31. The molecule has 152 valence electrons. The van der Waals surface area contributed by atoms with Gasteiger partial charge in [0, 0.05) is 6.42 Å². The van der Waals surface area contributed by atoms with Gasteiger partial charge in [0.15, 0.2) is 0 Å². The zero-order valence-electron chi connectivity index (χ0n) is 17.3. The first-order chi connectivity index (χ1) is 12.7. The van der Waals surface area contributed by atoms with Gasteiger partial charge < -0.3 is 15.3 Å². The van der Waals surface area contributed by atoms with Crippen molar-refractivity contribution in [2.24, 2.45) is 52.3 Å². The number of aliphatic hydroxyl groups is 3. The fourth-order valence-corrected chi connectivity index (χ4v) is 10.1. The summed E-state index contributed by atoms with van der Waals surface area (Å²) in [5.41, 5.74) is -1.04. The molecule has 6 aliphatic carbocycles. The second-order valence-electron chi connectivity index (χ2n) is 12.1. The zero-order chi connectivity index (χ0) is 19.0. The first-order valence-electron chi connectivity index (χ1n) is 11.8. The van der Waals surface area contributed by atoms with Crippen molar-refractivity contribution in [3.05, 3.63) is 0 Å². The van der Waals surface area contributed by atoms with Crippen molar-refractivity contribution in [2.45, 2.75) is 95.9 Å². The summed E-state index contributed by atoms with van der Waals surface area (Å²) in [5.74, 6) is 4.29. The van der Waals surface area contributed by atoms with Crippen LogP contribution in [0.2, 0.25) is 0 Å². The molecule has 6 aliphatic rings. The number of hydrogen-bond donors (Lipinski definition) is 3. The maximum atomic E-state index is 11.8. The Morgan fingerprint density at radius 2 is 1.59 bits per heavy atom. The van der Waals surface area contributed by atoms with Crippen molar-refractivity contribution in [2.75, 3.05) is 0 Å². The summed E-state index contributed by atoms with van der Waals surface area (Å²) in [6.45, 7) is 7.02. The topological polar surface area (TPSA) is 60.7 Å². The largest absolute Gasteiger partial charge is 0.393 e. The third kappa shape index (κ3) is 1.79. The average Bonchev–Trinajstić information content (AvgIpc) is 3.49. The van der Waals surface area contributed by atoms with Crippen molar-refractivity contribution >= 4 is 0 Å². The third-order valence-electron chi connectivity index (χ3n) is 11.4. The number of hydrogen-bond acceptors (Lipinski definition) is 3. The molecule has 0 aromatic carbocycles. The van der Waals surface area contributed by atoms with E-state index >= 15 is 0 Å². The summed E-state index contributed by atoms with van der Waals surface area (Å²) in [7, 11) is 0. The lowest BCUT2D eigenvalue weighted by Gasteiger charge is -2.64. The molecule has 0 aromatic rings. The molecule has 0 aliphatic heterocycles. The van der Waals surface area contributed by atoms with Gasteiger partial charge in [0.1, 0.15) is 0 Å². The fourth-order valence-electron chi connectivity index (χ4n) is 10.1. The highest BCUT2D eigenvalue weighted by molar-refractivity contribution is 5.29. The molecule has 0 aromatic heterocycles. The summed E-state index contributed by atoms with van der Waals surface area (Å²) in [4.78, 5) is 0. The predicted octanol–water partition coefficient (Wildman–Crippen LogP) is 3.75. The van der Waals surface area contributed by atoms with Crippen molar-refractivity contribution in [1.82, 2.24) is 0 Å². The molecule has 12 atom stereocenters. The van der Waals surface area contributed by atoms with E-state index in [-0.39, 0.29) is 16.9 Å². The molecule has 0 spiro atoms. The van der Waals surface area contributed by atoms with Gasteiger partial charge in [-0.3, -0.25) is 0 Å². The molecule has 6 fully saturated rings. The van der Waals surface area contributed by atoms with Crippen molar-refractivity contribution in [3.63, 3.8) is 0 Å². The van der Waals surface area contributed by atoms with Gasteiger partial charge in [-0.2, -0.15) is 0 Å². The van der Waals surface area contributed by atoms with Crippen LogP contribution in [0.4, 0.5) is 0 Å². The first-order valence-corrected chi connectivity index (χ1v) is 11.8. The molecular weight excluding hydrogens is 336 g/mol. The van der Waals surface area contributed by atoms with Crippen LogP contribution in [-0.4, -0.2) is 32.6 Å². The Balaban J connectivity index is 1.41. The molecule has 0 radical (unpaired) electrons. The highest BCUT2D eigenvalue weighted by atomic mass is 16.3. The lowest BCUT2D eigenvalue weighted by atomic mass is 9.42. The first kappa shape index (κ1) is 17.7. The maximum Gasteiger partial charge on any atom is 0.0759 e. The van der Waals surface area contributed by atoms with E-state index in [0.29, 0.717) is 41.9 Å². The van der Waals surface area contributed by atoms with Gasteiger partial charge in [-0.1, -0.05) is 27.2 Å². The number of aliphatic hydroxyl groups excluding tert-OH is 1. The highest BCUT2D eigenvalue weighted by Gasteiger charge is 2.80. The molecule has 0 saturated heterocycles. The van der Waals surface area contributed by atoms with Crippen LogP contribution in [0.25, 0.3) is 0 Å². The van der Waals surface area contributed by atoms with Gasteiger partial charge in [0.25, 0.3) is 0 Å². The summed E-state index contributed by atoms with van der Waals surface area (Å²) >= 11 is 0. The van der Waals surface area contributed by atoms with E-state index < -0.39 is 11.2 Å². The van der Waals surface area contributed by atoms with E-state index in [0.717, 1.165) is 44.4 Å². The van der Waals surface area contributed by atoms with Crippen LogP contribution < -0.4 is 0 Å². The molecule has 0 heterocycles. The molecule has 27 heavy (non-hydrogen) atoms. The Morgan fingerprint density at radius 3 is 2.33 bits per heavy atom. The summed E-state index contributed by atoms with van der Waals surface area (Å²) in [6, 6.07) is 0. The minimum absolute atomic E-state index is 0.0360. The third-order valence-corrected chi connectivity index (χ3v) is 11.4. The molecule has 3 nitrogen and oxygen atoms in total. The Morgan fingerprint density at radius 1 is 0.889 bits per heavy atom. The summed E-state index contributed by atoms with van der Waals surface area (Å²) in [5, 5.41) is 34.0. The van der Waals surface area contributed by atoms with E-state index in [2.05, 4.69) is 20.8 Å². The molecule has 3 N–H and O–H groups in total. The monoisotopic (exact) mass is 374 g/mol. The maximum absolute atomic E-state index is 11.8. The van der Waals surface area contributed by atoms with Gasteiger partial charge in [0.05, 0.1) is 17.3 Å². The van der Waals surface area contributed by atoms with E-state index in [1.165, 1.54) is 12.8 Å². The highest BCUT2D eigenvalue weighted by Crippen LogP contribution is 2.82. The van der Waals surface area contributed by atoms with Gasteiger partial charge >= 0.3 is 0 Å². The van der Waals surface area contributed by atoms with Gasteiger partial charge in [-0.05, 0) is 97.2 Å². The van der Waals surface area contributed by atoms with Crippen LogP contribution in [0.3, 0.4) is 0 Å². The van der Waals surface area contributed by atoms with Crippen molar-refractivity contribution in [3.8, 4) is 0 Å². The van der Waals surface area contributed by atoms with Gasteiger partial charge in [-0.25, -0.2) is 0 Å². The molecule has 0 bridgehead atoms. The molecular formula is C24H38O3. The van der Waals surface area contributed by atoms with E-state index in [4.69, 9.17) is 0 Å². The predicted molar refractivity (Wildman–Crippen MR) is 104 cm³/mol. The van der Waals surface area contributed by atoms with E-state index in [9.17, 15) is 15.3 Å². The average molecular weight is 375 g/mol. The molecule has 3 heteroatoms. The van der Waals surface area contributed by atoms with Crippen molar-refractivity contribution < 1.29 is 15.3 Å². The molecule has 6 rings (SSSR count). The lowest BCUT2D eigenvalue weighted by molar-refractivity contribution is -0.237. The number of fused-ring (bicyclic) bond motifs is 10.